The van der Waals surface area contributed by atoms with E-state index in [1.54, 1.807) is 43.5 Å². The number of pyridine rings is 1. The van der Waals surface area contributed by atoms with Gasteiger partial charge in [-0.15, -0.1) is 0 Å². The Hall–Kier alpha value is -3.67. The fourth-order valence-corrected chi connectivity index (χ4v) is 2.82. The van der Waals surface area contributed by atoms with E-state index in [0.29, 0.717) is 23.6 Å². The molecule has 2 aromatic carbocycles. The van der Waals surface area contributed by atoms with Crippen LogP contribution >= 0.6 is 0 Å². The molecule has 0 aliphatic carbocycles. The van der Waals surface area contributed by atoms with Crippen molar-refractivity contribution in [2.24, 2.45) is 0 Å². The van der Waals surface area contributed by atoms with Crippen LogP contribution in [0.4, 0.5) is 11.4 Å². The van der Waals surface area contributed by atoms with Crippen molar-refractivity contribution in [3.05, 3.63) is 89.7 Å². The molecule has 0 aliphatic rings. The first-order chi connectivity index (χ1) is 14.1. The fraction of sp³-hybridized carbons (Fsp3) is 0.174. The molecule has 0 saturated carbocycles. The van der Waals surface area contributed by atoms with Gasteiger partial charge in [0.05, 0.1) is 12.2 Å². The Morgan fingerprint density at radius 1 is 1.00 bits per heavy atom. The zero-order valence-electron chi connectivity index (χ0n) is 16.4. The standard InChI is InChI=1S/C23H23N3O3/c1-3-29-23(28)18-9-11-19(12-10-18)26-22(27)21-15-20(13-14-24-21)25-16(2)17-7-5-4-6-8-17/h4-16H,3H2,1-2H3,(H,24,25)(H,26,27). The van der Waals surface area contributed by atoms with Crippen LogP contribution in [0.2, 0.25) is 0 Å². The van der Waals surface area contributed by atoms with Gasteiger partial charge in [0.1, 0.15) is 5.69 Å². The molecule has 6 nitrogen and oxygen atoms in total. The van der Waals surface area contributed by atoms with Crippen LogP contribution in [-0.4, -0.2) is 23.5 Å². The average Bonchev–Trinajstić information content (AvgIpc) is 2.75. The molecule has 3 aromatic rings. The second-order valence-corrected chi connectivity index (χ2v) is 6.46. The largest absolute Gasteiger partial charge is 0.462 e. The van der Waals surface area contributed by atoms with E-state index in [-0.39, 0.29) is 11.9 Å². The predicted octanol–water partition coefficient (Wildman–Crippen LogP) is 4.68. The van der Waals surface area contributed by atoms with E-state index < -0.39 is 5.97 Å². The minimum Gasteiger partial charge on any atom is -0.462 e. The van der Waals surface area contributed by atoms with Gasteiger partial charge in [-0.05, 0) is 55.8 Å². The van der Waals surface area contributed by atoms with Gasteiger partial charge in [0, 0.05) is 23.6 Å². The van der Waals surface area contributed by atoms with Crippen LogP contribution in [0.1, 0.15) is 46.3 Å². The van der Waals surface area contributed by atoms with Crippen LogP contribution in [0.3, 0.4) is 0 Å². The molecule has 0 spiro atoms. The summed E-state index contributed by atoms with van der Waals surface area (Å²) in [7, 11) is 0. The third kappa shape index (κ3) is 5.42. The summed E-state index contributed by atoms with van der Waals surface area (Å²) in [6.45, 7) is 4.12. The van der Waals surface area contributed by atoms with Crippen molar-refractivity contribution in [1.29, 1.82) is 0 Å². The lowest BCUT2D eigenvalue weighted by Gasteiger charge is -2.16. The molecular formula is C23H23N3O3. The Morgan fingerprint density at radius 3 is 2.41 bits per heavy atom. The van der Waals surface area contributed by atoms with E-state index in [1.807, 2.05) is 36.4 Å². The van der Waals surface area contributed by atoms with Gasteiger partial charge < -0.3 is 15.4 Å². The number of amides is 1. The van der Waals surface area contributed by atoms with Gasteiger partial charge in [0.15, 0.2) is 0 Å². The third-order valence-electron chi connectivity index (χ3n) is 4.33. The molecule has 148 valence electrons. The van der Waals surface area contributed by atoms with E-state index in [1.165, 1.54) is 0 Å². The lowest BCUT2D eigenvalue weighted by Crippen LogP contribution is -2.15. The molecule has 0 radical (unpaired) electrons. The summed E-state index contributed by atoms with van der Waals surface area (Å²) in [5.41, 5.74) is 3.26. The average molecular weight is 389 g/mol. The summed E-state index contributed by atoms with van der Waals surface area (Å²) in [5.74, 6) is -0.719. The molecule has 0 aliphatic heterocycles. The molecule has 1 amide bonds. The number of aromatic nitrogens is 1. The Labute approximate surface area is 169 Å². The van der Waals surface area contributed by atoms with Gasteiger partial charge in [-0.2, -0.15) is 0 Å². The topological polar surface area (TPSA) is 80.3 Å². The molecule has 1 aromatic heterocycles. The lowest BCUT2D eigenvalue weighted by molar-refractivity contribution is 0.0526. The second-order valence-electron chi connectivity index (χ2n) is 6.46. The summed E-state index contributed by atoms with van der Waals surface area (Å²) < 4.78 is 4.95. The van der Waals surface area contributed by atoms with Gasteiger partial charge in [-0.25, -0.2) is 4.79 Å². The normalized spacial score (nSPS) is 11.4. The number of anilines is 2. The van der Waals surface area contributed by atoms with E-state index in [2.05, 4.69) is 22.5 Å². The maximum Gasteiger partial charge on any atom is 0.338 e. The third-order valence-corrected chi connectivity index (χ3v) is 4.33. The maximum atomic E-state index is 12.6. The van der Waals surface area contributed by atoms with Crippen molar-refractivity contribution in [3.8, 4) is 0 Å². The summed E-state index contributed by atoms with van der Waals surface area (Å²) in [4.78, 5) is 28.4. The SMILES string of the molecule is CCOC(=O)c1ccc(NC(=O)c2cc(NC(C)c3ccccc3)ccn2)cc1. The summed E-state index contributed by atoms with van der Waals surface area (Å²) in [5, 5.41) is 6.17. The summed E-state index contributed by atoms with van der Waals surface area (Å²) in [6.07, 6.45) is 1.60. The molecule has 1 unspecified atom stereocenters. The Kier molecular flexibility index (Phi) is 6.58. The predicted molar refractivity (Wildman–Crippen MR) is 113 cm³/mol. The molecule has 29 heavy (non-hydrogen) atoms. The number of hydrogen-bond donors (Lipinski definition) is 2. The van der Waals surface area contributed by atoms with Crippen LogP contribution in [-0.2, 0) is 4.74 Å². The van der Waals surface area contributed by atoms with E-state index >= 15 is 0 Å². The van der Waals surface area contributed by atoms with Gasteiger partial charge in [-0.1, -0.05) is 30.3 Å². The summed E-state index contributed by atoms with van der Waals surface area (Å²) in [6, 6.07) is 20.2. The first-order valence-corrected chi connectivity index (χ1v) is 9.43. The summed E-state index contributed by atoms with van der Waals surface area (Å²) >= 11 is 0. The highest BCUT2D eigenvalue weighted by atomic mass is 16.5. The van der Waals surface area contributed by atoms with Gasteiger partial charge in [0.25, 0.3) is 5.91 Å². The maximum absolute atomic E-state index is 12.6. The molecule has 2 N–H and O–H groups in total. The number of nitrogens with zero attached hydrogens (tertiary/aromatic N) is 1. The van der Waals surface area contributed by atoms with E-state index in [9.17, 15) is 9.59 Å². The van der Waals surface area contributed by atoms with Crippen LogP contribution in [0.5, 0.6) is 0 Å². The highest BCUT2D eigenvalue weighted by Crippen LogP contribution is 2.19. The van der Waals surface area contributed by atoms with Gasteiger partial charge >= 0.3 is 5.97 Å². The molecule has 6 heteroatoms. The lowest BCUT2D eigenvalue weighted by atomic mass is 10.1. The molecule has 0 bridgehead atoms. The molecule has 3 rings (SSSR count). The monoisotopic (exact) mass is 389 g/mol. The van der Waals surface area contributed by atoms with Crippen molar-refractivity contribution in [2.75, 3.05) is 17.2 Å². The van der Waals surface area contributed by atoms with Gasteiger partial charge in [-0.3, -0.25) is 9.78 Å². The zero-order valence-corrected chi connectivity index (χ0v) is 16.4. The molecular weight excluding hydrogens is 366 g/mol. The van der Waals surface area contributed by atoms with Gasteiger partial charge in [0.2, 0.25) is 0 Å². The highest BCUT2D eigenvalue weighted by molar-refractivity contribution is 6.03. The van der Waals surface area contributed by atoms with Crippen LogP contribution in [0, 0.1) is 0 Å². The first kappa shape index (κ1) is 20.1. The number of nitrogens with one attached hydrogen (secondary N) is 2. The van der Waals surface area contributed by atoms with Crippen LogP contribution < -0.4 is 10.6 Å². The van der Waals surface area contributed by atoms with Crippen molar-refractivity contribution >= 4 is 23.3 Å². The molecule has 1 heterocycles. The van der Waals surface area contributed by atoms with Crippen molar-refractivity contribution in [2.45, 2.75) is 19.9 Å². The fourth-order valence-electron chi connectivity index (χ4n) is 2.82. The number of benzene rings is 2. The number of esters is 1. The number of carbonyl (C=O) groups is 2. The number of hydrogen-bond acceptors (Lipinski definition) is 5. The highest BCUT2D eigenvalue weighted by Gasteiger charge is 2.11. The number of ether oxygens (including phenoxy) is 1. The smallest absolute Gasteiger partial charge is 0.338 e. The zero-order chi connectivity index (χ0) is 20.6. The molecule has 1 atom stereocenters. The number of rotatable bonds is 7. The van der Waals surface area contributed by atoms with Crippen molar-refractivity contribution in [1.82, 2.24) is 4.98 Å². The first-order valence-electron chi connectivity index (χ1n) is 9.43. The molecule has 0 fully saturated rings. The van der Waals surface area contributed by atoms with Crippen LogP contribution in [0.15, 0.2) is 72.9 Å². The Morgan fingerprint density at radius 2 is 1.72 bits per heavy atom. The van der Waals surface area contributed by atoms with E-state index in [4.69, 9.17) is 4.74 Å². The quantitative estimate of drug-likeness (QED) is 0.573. The Balaban J connectivity index is 1.65. The minimum absolute atomic E-state index is 0.0879. The Bertz CT molecular complexity index is 972. The second kappa shape index (κ2) is 9.50. The van der Waals surface area contributed by atoms with Crippen molar-refractivity contribution < 1.29 is 14.3 Å². The number of carbonyl (C=O) groups excluding carboxylic acids is 2. The molecule has 0 saturated heterocycles. The van der Waals surface area contributed by atoms with Crippen molar-refractivity contribution in [3.63, 3.8) is 0 Å². The van der Waals surface area contributed by atoms with E-state index in [0.717, 1.165) is 11.3 Å². The minimum atomic E-state index is -0.390. The van der Waals surface area contributed by atoms with Crippen LogP contribution in [0.25, 0.3) is 0 Å².